The number of hydrogen-bond donors (Lipinski definition) is 0. The molecule has 1 aliphatic carbocycles. The number of pyridine rings is 1. The van der Waals surface area contributed by atoms with E-state index in [0.717, 1.165) is 42.1 Å². The van der Waals surface area contributed by atoms with Crippen LogP contribution in [0.15, 0.2) is 42.5 Å². The monoisotopic (exact) mass is 438 g/mol. The van der Waals surface area contributed by atoms with Crippen LogP contribution in [0.5, 0.6) is 5.88 Å². The Labute approximate surface area is 194 Å². The van der Waals surface area contributed by atoms with Crippen LogP contribution >= 0.6 is 0 Å². The minimum Gasteiger partial charge on any atom is -0.481 e. The van der Waals surface area contributed by atoms with E-state index in [2.05, 4.69) is 12.1 Å². The van der Waals surface area contributed by atoms with E-state index in [0.29, 0.717) is 17.0 Å². The zero-order valence-electron chi connectivity index (χ0n) is 19.2. The molecule has 2 aromatic carbocycles. The molecule has 1 heterocycles. The van der Waals surface area contributed by atoms with Crippen LogP contribution in [0.4, 0.5) is 0 Å². The molecule has 6 nitrogen and oxygen atoms in total. The van der Waals surface area contributed by atoms with Gasteiger partial charge in [0.2, 0.25) is 5.88 Å². The number of amides is 1. The highest BCUT2D eigenvalue weighted by Gasteiger charge is 2.31. The highest BCUT2D eigenvalue weighted by molar-refractivity contribution is 5.94. The van der Waals surface area contributed by atoms with Crippen LogP contribution in [0, 0.1) is 22.7 Å². The van der Waals surface area contributed by atoms with E-state index >= 15 is 0 Å². The van der Waals surface area contributed by atoms with Gasteiger partial charge < -0.3 is 9.64 Å². The maximum Gasteiger partial charge on any atom is 0.253 e. The summed E-state index contributed by atoms with van der Waals surface area (Å²) in [5.74, 6) is 0.469. The van der Waals surface area contributed by atoms with E-state index in [9.17, 15) is 10.1 Å². The highest BCUT2D eigenvalue weighted by atomic mass is 16.5. The lowest BCUT2D eigenvalue weighted by molar-refractivity contribution is 0.0776. The number of likely N-dealkylation sites (N-methyl/N-ethyl adjacent to an activating group) is 1. The molecule has 166 valence electrons. The molecule has 33 heavy (non-hydrogen) atoms. The molecule has 0 aliphatic heterocycles. The molecule has 6 heteroatoms. The Morgan fingerprint density at radius 2 is 1.82 bits per heavy atom. The summed E-state index contributed by atoms with van der Waals surface area (Å²) in [6.07, 6.45) is 4.26. The van der Waals surface area contributed by atoms with Crippen molar-refractivity contribution >= 4 is 16.8 Å². The first-order chi connectivity index (χ1) is 15.9. The summed E-state index contributed by atoms with van der Waals surface area (Å²) in [5, 5.41) is 20.2. The second kappa shape index (κ2) is 8.92. The Balaban J connectivity index is 1.66. The van der Waals surface area contributed by atoms with Crippen LogP contribution in [0.1, 0.15) is 52.4 Å². The number of hydrogen-bond acceptors (Lipinski definition) is 5. The van der Waals surface area contributed by atoms with Gasteiger partial charge in [-0.1, -0.05) is 12.1 Å². The fourth-order valence-electron chi connectivity index (χ4n) is 4.65. The molecule has 0 saturated heterocycles. The van der Waals surface area contributed by atoms with Crippen LogP contribution in [0.2, 0.25) is 0 Å². The minimum atomic E-state index is -0.921. The van der Waals surface area contributed by atoms with Crippen LogP contribution < -0.4 is 4.74 Å². The first-order valence-electron chi connectivity index (χ1n) is 11.1. The smallest absolute Gasteiger partial charge is 0.253 e. The Kier molecular flexibility index (Phi) is 6.03. The summed E-state index contributed by atoms with van der Waals surface area (Å²) in [7, 11) is 3.34. The third-order valence-corrected chi connectivity index (χ3v) is 6.51. The van der Waals surface area contributed by atoms with Gasteiger partial charge in [-0.05, 0) is 74.1 Å². The van der Waals surface area contributed by atoms with Gasteiger partial charge in [-0.15, -0.1) is 0 Å². The van der Waals surface area contributed by atoms with Crippen LogP contribution in [-0.2, 0) is 18.3 Å². The van der Waals surface area contributed by atoms with Crippen molar-refractivity contribution in [2.45, 2.75) is 38.0 Å². The zero-order valence-corrected chi connectivity index (χ0v) is 19.2. The van der Waals surface area contributed by atoms with Crippen molar-refractivity contribution in [3.8, 4) is 18.0 Å². The molecule has 1 aromatic heterocycles. The molecule has 1 unspecified atom stereocenters. The number of ether oxygens (including phenoxy) is 1. The third kappa shape index (κ3) is 4.13. The van der Waals surface area contributed by atoms with Crippen molar-refractivity contribution in [2.24, 2.45) is 0 Å². The van der Waals surface area contributed by atoms with Crippen molar-refractivity contribution in [1.82, 2.24) is 9.88 Å². The molecule has 1 aliphatic rings. The number of aromatic nitrogens is 1. The maximum atomic E-state index is 12.9. The molecule has 1 atom stereocenters. The number of nitriles is 2. The second-order valence-corrected chi connectivity index (χ2v) is 8.81. The fourth-order valence-corrected chi connectivity index (χ4v) is 4.65. The summed E-state index contributed by atoms with van der Waals surface area (Å²) < 4.78 is 5.58. The molecular formula is C27H26N4O2. The second-order valence-electron chi connectivity index (χ2n) is 8.81. The molecule has 3 aromatic rings. The van der Waals surface area contributed by atoms with Crippen molar-refractivity contribution in [3.63, 3.8) is 0 Å². The van der Waals surface area contributed by atoms with Gasteiger partial charge >= 0.3 is 0 Å². The van der Waals surface area contributed by atoms with Gasteiger partial charge in [-0.3, -0.25) is 4.79 Å². The van der Waals surface area contributed by atoms with Gasteiger partial charge in [0, 0.05) is 30.1 Å². The van der Waals surface area contributed by atoms with Gasteiger partial charge in [0.1, 0.15) is 0 Å². The van der Waals surface area contributed by atoms with Gasteiger partial charge in [0.25, 0.3) is 5.91 Å². The standard InChI is InChI=1S/C27H26N4O2/c1-27(16-29,17-31(2)26(32)19-10-8-18(15-28)9-11-19)20-12-13-22-21-6-4-5-7-23(21)25(33-3)30-24(22)14-20/h8-14H,4-7,17H2,1-3H3. The van der Waals surface area contributed by atoms with Crippen molar-refractivity contribution < 1.29 is 9.53 Å². The molecule has 0 saturated carbocycles. The Morgan fingerprint density at radius 3 is 2.45 bits per heavy atom. The van der Waals surface area contributed by atoms with Crippen molar-refractivity contribution in [1.29, 1.82) is 10.5 Å². The first-order valence-corrected chi connectivity index (χ1v) is 11.1. The molecule has 0 bridgehead atoms. The first kappa shape index (κ1) is 22.3. The van der Waals surface area contributed by atoms with Crippen LogP contribution in [0.25, 0.3) is 10.9 Å². The topological polar surface area (TPSA) is 90.0 Å². The van der Waals surface area contributed by atoms with Gasteiger partial charge in [0.05, 0.1) is 35.7 Å². The van der Waals surface area contributed by atoms with Gasteiger partial charge in [0.15, 0.2) is 0 Å². The summed E-state index contributed by atoms with van der Waals surface area (Å²) in [4.78, 5) is 19.2. The quantitative estimate of drug-likeness (QED) is 0.583. The lowest BCUT2D eigenvalue weighted by atomic mass is 9.82. The van der Waals surface area contributed by atoms with Crippen molar-refractivity contribution in [3.05, 3.63) is 70.3 Å². The van der Waals surface area contributed by atoms with E-state index in [1.165, 1.54) is 11.1 Å². The van der Waals surface area contributed by atoms with Crippen LogP contribution in [-0.4, -0.2) is 36.5 Å². The Bertz CT molecular complexity index is 1300. The van der Waals surface area contributed by atoms with E-state index in [-0.39, 0.29) is 12.5 Å². The van der Waals surface area contributed by atoms with E-state index in [1.807, 2.05) is 25.1 Å². The Hall–Kier alpha value is -3.90. The number of rotatable bonds is 5. The molecule has 0 N–H and O–H groups in total. The number of benzene rings is 2. The highest BCUT2D eigenvalue weighted by Crippen LogP contribution is 2.36. The third-order valence-electron chi connectivity index (χ3n) is 6.51. The zero-order chi connectivity index (χ0) is 23.6. The maximum absolute atomic E-state index is 12.9. The predicted octanol–water partition coefficient (Wildman–Crippen LogP) is 4.55. The van der Waals surface area contributed by atoms with Crippen LogP contribution in [0.3, 0.4) is 0 Å². The van der Waals surface area contributed by atoms with E-state index < -0.39 is 5.41 Å². The predicted molar refractivity (Wildman–Crippen MR) is 126 cm³/mol. The number of nitrogens with zero attached hydrogens (tertiary/aromatic N) is 4. The number of fused-ring (bicyclic) bond motifs is 3. The summed E-state index contributed by atoms with van der Waals surface area (Å²) >= 11 is 0. The van der Waals surface area contributed by atoms with E-state index in [1.54, 1.807) is 43.3 Å². The molecule has 1 amide bonds. The minimum absolute atomic E-state index is 0.199. The van der Waals surface area contributed by atoms with Gasteiger partial charge in [-0.25, -0.2) is 4.98 Å². The number of carbonyl (C=O) groups is 1. The normalized spacial score (nSPS) is 14.5. The number of aryl methyl sites for hydroxylation is 1. The molecule has 0 fully saturated rings. The lowest BCUT2D eigenvalue weighted by Gasteiger charge is -2.29. The lowest BCUT2D eigenvalue weighted by Crippen LogP contribution is -2.39. The van der Waals surface area contributed by atoms with Crippen molar-refractivity contribution in [2.75, 3.05) is 20.7 Å². The fraction of sp³-hybridized carbons (Fsp3) is 0.333. The average Bonchev–Trinajstić information content (AvgIpc) is 2.87. The van der Waals surface area contributed by atoms with Gasteiger partial charge in [-0.2, -0.15) is 10.5 Å². The van der Waals surface area contributed by atoms with E-state index in [4.69, 9.17) is 15.0 Å². The largest absolute Gasteiger partial charge is 0.481 e. The number of carbonyl (C=O) groups excluding carboxylic acids is 1. The molecule has 4 rings (SSSR count). The summed E-state index contributed by atoms with van der Waals surface area (Å²) in [5.41, 5.74) is 4.16. The molecule has 0 spiro atoms. The summed E-state index contributed by atoms with van der Waals surface area (Å²) in [6, 6.07) is 17.0. The molecular weight excluding hydrogens is 412 g/mol. The Morgan fingerprint density at radius 1 is 1.12 bits per heavy atom. The summed E-state index contributed by atoms with van der Waals surface area (Å²) in [6.45, 7) is 2.06. The SMILES string of the molecule is COc1nc2cc(C(C)(C#N)CN(C)C(=O)c3ccc(C#N)cc3)ccc2c2c1CCCC2. The average molecular weight is 439 g/mol. The number of methoxy groups -OCH3 is 1. The molecule has 0 radical (unpaired) electrons.